The number of hydrogen-bond acceptors (Lipinski definition) is 2. The molecule has 164 valence electrons. The number of fused-ring (bicyclic) bond motifs is 8. The van der Waals surface area contributed by atoms with Crippen molar-refractivity contribution in [2.24, 2.45) is 0 Å². The zero-order chi connectivity index (χ0) is 22.9. The van der Waals surface area contributed by atoms with Gasteiger partial charge in [-0.15, -0.1) is 22.7 Å². The fourth-order valence-electron chi connectivity index (χ4n) is 5.47. The third-order valence-electron chi connectivity index (χ3n) is 7.03. The standard InChI is InChI=1S/C32H19NS2/c1-4-13-27-23(10-1)24-11-2-5-14-28(24)33(27)22-9-7-8-20(18-22)21-16-17-26-30(19-21)35-32-31(26)25-12-3-6-15-29(25)34-32/h1-19H. The van der Waals surface area contributed by atoms with Crippen molar-refractivity contribution in [3.8, 4) is 16.8 Å². The number of thiophene rings is 2. The third kappa shape index (κ3) is 2.80. The van der Waals surface area contributed by atoms with E-state index in [1.54, 1.807) is 0 Å². The van der Waals surface area contributed by atoms with E-state index in [9.17, 15) is 0 Å². The monoisotopic (exact) mass is 481 g/mol. The molecule has 0 atom stereocenters. The molecule has 35 heavy (non-hydrogen) atoms. The summed E-state index contributed by atoms with van der Waals surface area (Å²) in [5.41, 5.74) is 6.18. The fourth-order valence-corrected chi connectivity index (χ4v) is 8.11. The van der Waals surface area contributed by atoms with Crippen LogP contribution in [0, 0.1) is 0 Å². The molecular weight excluding hydrogens is 462 g/mol. The summed E-state index contributed by atoms with van der Waals surface area (Å²) in [7, 11) is 0. The number of nitrogens with zero attached hydrogens (tertiary/aromatic N) is 1. The minimum absolute atomic E-state index is 1.19. The predicted molar refractivity (Wildman–Crippen MR) is 154 cm³/mol. The van der Waals surface area contributed by atoms with E-state index in [1.807, 2.05) is 22.7 Å². The van der Waals surface area contributed by atoms with Crippen molar-refractivity contribution < 1.29 is 0 Å². The average molecular weight is 482 g/mol. The van der Waals surface area contributed by atoms with Crippen LogP contribution in [0.25, 0.3) is 68.2 Å². The topological polar surface area (TPSA) is 4.93 Å². The van der Waals surface area contributed by atoms with Gasteiger partial charge in [0.1, 0.15) is 0 Å². The Balaban J connectivity index is 1.32. The van der Waals surface area contributed by atoms with Crippen molar-refractivity contribution in [1.29, 1.82) is 0 Å². The molecule has 0 spiro atoms. The Labute approximate surface area is 210 Å². The molecule has 5 aromatic carbocycles. The van der Waals surface area contributed by atoms with Crippen LogP contribution in [0.15, 0.2) is 115 Å². The first kappa shape index (κ1) is 19.4. The molecule has 3 heteroatoms. The summed E-state index contributed by atoms with van der Waals surface area (Å²) in [6.45, 7) is 0. The zero-order valence-corrected chi connectivity index (χ0v) is 20.4. The van der Waals surface area contributed by atoms with Gasteiger partial charge in [-0.1, -0.05) is 78.9 Å². The maximum Gasteiger partial charge on any atom is 0.0890 e. The van der Waals surface area contributed by atoms with Crippen molar-refractivity contribution in [3.63, 3.8) is 0 Å². The van der Waals surface area contributed by atoms with E-state index < -0.39 is 0 Å². The van der Waals surface area contributed by atoms with Gasteiger partial charge in [-0.25, -0.2) is 0 Å². The first-order chi connectivity index (χ1) is 17.3. The second-order valence-corrected chi connectivity index (χ2v) is 11.4. The van der Waals surface area contributed by atoms with Gasteiger partial charge in [0, 0.05) is 42.0 Å². The minimum atomic E-state index is 1.19. The Morgan fingerprint density at radius 2 is 1.09 bits per heavy atom. The van der Waals surface area contributed by atoms with Crippen LogP contribution < -0.4 is 0 Å². The lowest BCUT2D eigenvalue weighted by molar-refractivity contribution is 1.18. The van der Waals surface area contributed by atoms with Gasteiger partial charge >= 0.3 is 0 Å². The highest BCUT2D eigenvalue weighted by atomic mass is 32.2. The second kappa shape index (κ2) is 7.29. The molecule has 0 unspecified atom stereocenters. The van der Waals surface area contributed by atoms with Crippen molar-refractivity contribution in [3.05, 3.63) is 115 Å². The Bertz CT molecular complexity index is 2020. The van der Waals surface area contributed by atoms with Gasteiger partial charge in [0.25, 0.3) is 0 Å². The summed E-state index contributed by atoms with van der Waals surface area (Å²) in [4.78, 5) is 0. The molecule has 3 heterocycles. The Kier molecular flexibility index (Phi) is 4.04. The molecule has 0 fully saturated rings. The molecule has 0 aliphatic rings. The molecule has 0 aliphatic heterocycles. The quantitative estimate of drug-likeness (QED) is 0.231. The van der Waals surface area contributed by atoms with Crippen LogP contribution in [-0.2, 0) is 0 Å². The number of hydrogen-bond donors (Lipinski definition) is 0. The second-order valence-electron chi connectivity index (χ2n) is 8.99. The van der Waals surface area contributed by atoms with E-state index in [0.717, 1.165) is 0 Å². The molecule has 0 amide bonds. The van der Waals surface area contributed by atoms with Crippen LogP contribution in [-0.4, -0.2) is 4.57 Å². The highest BCUT2D eigenvalue weighted by Crippen LogP contribution is 2.45. The van der Waals surface area contributed by atoms with Crippen LogP contribution >= 0.6 is 22.7 Å². The Morgan fingerprint density at radius 1 is 0.457 bits per heavy atom. The molecule has 0 radical (unpaired) electrons. The van der Waals surface area contributed by atoms with E-state index in [2.05, 4.69) is 120 Å². The smallest absolute Gasteiger partial charge is 0.0890 e. The fraction of sp³-hybridized carbons (Fsp3) is 0. The lowest BCUT2D eigenvalue weighted by Gasteiger charge is -2.10. The summed E-state index contributed by atoms with van der Waals surface area (Å²) in [5, 5.41) is 6.74. The van der Waals surface area contributed by atoms with E-state index in [1.165, 1.54) is 68.2 Å². The van der Waals surface area contributed by atoms with E-state index in [4.69, 9.17) is 0 Å². The van der Waals surface area contributed by atoms with E-state index >= 15 is 0 Å². The summed E-state index contributed by atoms with van der Waals surface area (Å²) in [6.07, 6.45) is 0. The first-order valence-corrected chi connectivity index (χ1v) is 13.4. The molecule has 8 rings (SSSR count). The summed E-state index contributed by atoms with van der Waals surface area (Å²) in [6, 6.07) is 42.1. The van der Waals surface area contributed by atoms with Gasteiger partial charge in [0.05, 0.1) is 15.0 Å². The normalized spacial score (nSPS) is 12.0. The van der Waals surface area contributed by atoms with Gasteiger partial charge in [0.2, 0.25) is 0 Å². The van der Waals surface area contributed by atoms with E-state index in [-0.39, 0.29) is 0 Å². The number of para-hydroxylation sites is 2. The number of benzene rings is 5. The molecule has 0 saturated heterocycles. The molecule has 0 aliphatic carbocycles. The van der Waals surface area contributed by atoms with Crippen molar-refractivity contribution in [1.82, 2.24) is 4.57 Å². The molecule has 0 N–H and O–H groups in total. The van der Waals surface area contributed by atoms with Crippen molar-refractivity contribution in [2.45, 2.75) is 0 Å². The molecule has 1 nitrogen and oxygen atoms in total. The van der Waals surface area contributed by atoms with Gasteiger partial charge in [-0.05, 0) is 47.5 Å². The third-order valence-corrected chi connectivity index (χ3v) is 9.45. The maximum atomic E-state index is 2.39. The van der Waals surface area contributed by atoms with Crippen molar-refractivity contribution >= 4 is 74.1 Å². The highest BCUT2D eigenvalue weighted by molar-refractivity contribution is 7.44. The summed E-state index contributed by atoms with van der Waals surface area (Å²) >= 11 is 3.82. The molecular formula is C32H19NS2. The Morgan fingerprint density at radius 3 is 1.89 bits per heavy atom. The molecule has 8 aromatic rings. The minimum Gasteiger partial charge on any atom is -0.309 e. The predicted octanol–water partition coefficient (Wildman–Crippen LogP) is 10.0. The molecule has 0 bridgehead atoms. The largest absolute Gasteiger partial charge is 0.309 e. The zero-order valence-electron chi connectivity index (χ0n) is 18.7. The van der Waals surface area contributed by atoms with Crippen LogP contribution in [0.4, 0.5) is 0 Å². The number of rotatable bonds is 2. The van der Waals surface area contributed by atoms with Crippen LogP contribution in [0.3, 0.4) is 0 Å². The number of aromatic nitrogens is 1. The SMILES string of the molecule is c1cc(-c2ccc3c(c2)sc2sc4ccccc4c23)cc(-n2c3ccccc3c3ccccc32)c1. The van der Waals surface area contributed by atoms with Gasteiger partial charge in [0.15, 0.2) is 0 Å². The summed E-state index contributed by atoms with van der Waals surface area (Å²) in [5.74, 6) is 0. The summed E-state index contributed by atoms with van der Waals surface area (Å²) < 4.78 is 6.53. The average Bonchev–Trinajstić information content (AvgIpc) is 3.56. The van der Waals surface area contributed by atoms with Crippen molar-refractivity contribution in [2.75, 3.05) is 0 Å². The first-order valence-electron chi connectivity index (χ1n) is 11.8. The van der Waals surface area contributed by atoms with Gasteiger partial charge in [-0.3, -0.25) is 0 Å². The van der Waals surface area contributed by atoms with Crippen LogP contribution in [0.2, 0.25) is 0 Å². The van der Waals surface area contributed by atoms with Gasteiger partial charge in [-0.2, -0.15) is 0 Å². The highest BCUT2D eigenvalue weighted by Gasteiger charge is 2.14. The lowest BCUT2D eigenvalue weighted by Crippen LogP contribution is -1.94. The van der Waals surface area contributed by atoms with E-state index in [0.29, 0.717) is 0 Å². The lowest BCUT2D eigenvalue weighted by atomic mass is 10.0. The molecule has 3 aromatic heterocycles. The maximum absolute atomic E-state index is 2.39. The van der Waals surface area contributed by atoms with Gasteiger partial charge < -0.3 is 4.57 Å². The van der Waals surface area contributed by atoms with Crippen LogP contribution in [0.1, 0.15) is 0 Å². The Hall–Kier alpha value is -3.92. The van der Waals surface area contributed by atoms with Crippen LogP contribution in [0.5, 0.6) is 0 Å². The molecule has 0 saturated carbocycles.